The van der Waals surface area contributed by atoms with E-state index < -0.39 is 5.97 Å². The molecule has 4 rings (SSSR count). The molecule has 2 aromatic carbocycles. The molecule has 0 spiro atoms. The molecule has 1 aliphatic rings. The number of carbonyl (C=O) groups is 2. The largest absolute Gasteiger partial charge is 0.497 e. The molecule has 1 fully saturated rings. The molecule has 0 bridgehead atoms. The highest BCUT2D eigenvalue weighted by molar-refractivity contribution is 5.95. The number of imidazole rings is 1. The molecular weight excluding hydrogens is 398 g/mol. The number of amides is 1. The van der Waals surface area contributed by atoms with Crippen molar-refractivity contribution in [3.8, 4) is 11.5 Å². The third-order valence-corrected chi connectivity index (χ3v) is 5.76. The van der Waals surface area contributed by atoms with Gasteiger partial charge in [0, 0.05) is 23.6 Å². The number of H-pyrrole nitrogens is 1. The van der Waals surface area contributed by atoms with E-state index in [1.807, 2.05) is 0 Å². The van der Waals surface area contributed by atoms with Crippen molar-refractivity contribution in [1.82, 2.24) is 15.3 Å². The normalized spacial score (nSPS) is 18.5. The number of hydrogen-bond acceptors (Lipinski definition) is 5. The second-order valence-corrected chi connectivity index (χ2v) is 7.79. The van der Waals surface area contributed by atoms with Crippen LogP contribution in [-0.4, -0.2) is 47.2 Å². The van der Waals surface area contributed by atoms with Crippen LogP contribution in [0.3, 0.4) is 0 Å². The van der Waals surface area contributed by atoms with Crippen molar-refractivity contribution in [2.24, 2.45) is 0 Å². The number of nitrogens with zero attached hydrogens (tertiary/aromatic N) is 1. The minimum Gasteiger partial charge on any atom is -0.497 e. The summed E-state index contributed by atoms with van der Waals surface area (Å²) in [7, 11) is 3.10. The predicted octanol–water partition coefficient (Wildman–Crippen LogP) is 3.73. The van der Waals surface area contributed by atoms with E-state index in [1.54, 1.807) is 50.6 Å². The van der Waals surface area contributed by atoms with Crippen molar-refractivity contribution in [3.63, 3.8) is 0 Å². The summed E-state index contributed by atoms with van der Waals surface area (Å²) in [5, 5.41) is 12.3. The fourth-order valence-corrected chi connectivity index (χ4v) is 4.13. The van der Waals surface area contributed by atoms with E-state index in [1.165, 1.54) is 0 Å². The molecule has 1 aliphatic carbocycles. The molecule has 1 saturated carbocycles. The van der Waals surface area contributed by atoms with Crippen LogP contribution in [0.25, 0.3) is 11.0 Å². The molecule has 2 atom stereocenters. The lowest BCUT2D eigenvalue weighted by Gasteiger charge is -2.28. The standard InChI is InChI=1S/C23H25N3O5/c1-30-17-9-15(10-18(12-17)31-2)22(27)24-16-5-3-4-13(8-16)21-25-19-7-6-14(23(28)29)11-20(19)26-21/h6-7,9-13,16H,3-5,8H2,1-2H3,(H,24,27)(H,25,26)(H,28,29). The second kappa shape index (κ2) is 8.67. The van der Waals surface area contributed by atoms with E-state index >= 15 is 0 Å². The Morgan fingerprint density at radius 2 is 1.81 bits per heavy atom. The highest BCUT2D eigenvalue weighted by atomic mass is 16.5. The number of carbonyl (C=O) groups excluding carboxylic acids is 1. The average Bonchev–Trinajstić information content (AvgIpc) is 3.22. The van der Waals surface area contributed by atoms with Crippen LogP contribution in [0.1, 0.15) is 58.1 Å². The maximum Gasteiger partial charge on any atom is 0.335 e. The summed E-state index contributed by atoms with van der Waals surface area (Å²) < 4.78 is 10.5. The fourth-order valence-electron chi connectivity index (χ4n) is 4.13. The van der Waals surface area contributed by atoms with Crippen molar-refractivity contribution in [2.75, 3.05) is 14.2 Å². The van der Waals surface area contributed by atoms with E-state index in [0.717, 1.165) is 37.0 Å². The van der Waals surface area contributed by atoms with Gasteiger partial charge in [-0.1, -0.05) is 6.42 Å². The number of carboxylic acid groups (broad SMARTS) is 1. The molecular formula is C23H25N3O5. The molecule has 3 N–H and O–H groups in total. The van der Waals surface area contributed by atoms with Crippen molar-refractivity contribution in [2.45, 2.75) is 37.6 Å². The van der Waals surface area contributed by atoms with E-state index in [0.29, 0.717) is 22.6 Å². The van der Waals surface area contributed by atoms with Gasteiger partial charge >= 0.3 is 5.97 Å². The number of aromatic nitrogens is 2. The third-order valence-electron chi connectivity index (χ3n) is 5.76. The molecule has 2 unspecified atom stereocenters. The van der Waals surface area contributed by atoms with E-state index in [2.05, 4.69) is 15.3 Å². The number of benzene rings is 2. The number of fused-ring (bicyclic) bond motifs is 1. The number of ether oxygens (including phenoxy) is 2. The zero-order valence-corrected chi connectivity index (χ0v) is 17.5. The number of methoxy groups -OCH3 is 2. The molecule has 3 aromatic rings. The number of aromatic amines is 1. The van der Waals surface area contributed by atoms with Crippen LogP contribution >= 0.6 is 0 Å². The molecule has 0 radical (unpaired) electrons. The van der Waals surface area contributed by atoms with Gasteiger partial charge in [0.2, 0.25) is 0 Å². The van der Waals surface area contributed by atoms with E-state index in [4.69, 9.17) is 9.47 Å². The highest BCUT2D eigenvalue weighted by Crippen LogP contribution is 2.33. The third kappa shape index (κ3) is 4.47. The van der Waals surface area contributed by atoms with Crippen LogP contribution in [0.4, 0.5) is 0 Å². The zero-order chi connectivity index (χ0) is 22.0. The van der Waals surface area contributed by atoms with Crippen LogP contribution in [0.2, 0.25) is 0 Å². The van der Waals surface area contributed by atoms with Crippen LogP contribution in [0, 0.1) is 0 Å². The van der Waals surface area contributed by atoms with Gasteiger partial charge < -0.3 is 24.9 Å². The fraction of sp³-hybridized carbons (Fsp3) is 0.348. The predicted molar refractivity (Wildman–Crippen MR) is 115 cm³/mol. The van der Waals surface area contributed by atoms with Crippen LogP contribution in [0.15, 0.2) is 36.4 Å². The van der Waals surface area contributed by atoms with Gasteiger partial charge in [0.05, 0.1) is 30.8 Å². The lowest BCUT2D eigenvalue weighted by molar-refractivity contribution is 0.0696. The Kier molecular flexibility index (Phi) is 5.79. The lowest BCUT2D eigenvalue weighted by Crippen LogP contribution is -2.38. The monoisotopic (exact) mass is 423 g/mol. The van der Waals surface area contributed by atoms with Gasteiger partial charge in [0.15, 0.2) is 0 Å². The van der Waals surface area contributed by atoms with Crippen molar-refractivity contribution < 1.29 is 24.2 Å². The quantitative estimate of drug-likeness (QED) is 0.557. The lowest BCUT2D eigenvalue weighted by atomic mass is 9.85. The first-order valence-electron chi connectivity index (χ1n) is 10.2. The summed E-state index contributed by atoms with van der Waals surface area (Å²) in [4.78, 5) is 32.0. The zero-order valence-electron chi connectivity index (χ0n) is 17.5. The Balaban J connectivity index is 1.48. The van der Waals surface area contributed by atoms with Gasteiger partial charge in [-0.3, -0.25) is 4.79 Å². The summed E-state index contributed by atoms with van der Waals surface area (Å²) in [5.74, 6) is 0.994. The summed E-state index contributed by atoms with van der Waals surface area (Å²) in [6.45, 7) is 0. The SMILES string of the molecule is COc1cc(OC)cc(C(=O)NC2CCCC(c3nc4ccc(C(=O)O)cc4[nH]3)C2)c1. The molecule has 1 aromatic heterocycles. The molecule has 0 aliphatic heterocycles. The van der Waals surface area contributed by atoms with Crippen molar-refractivity contribution >= 4 is 22.9 Å². The van der Waals surface area contributed by atoms with Gasteiger partial charge in [-0.2, -0.15) is 0 Å². The van der Waals surface area contributed by atoms with Crippen molar-refractivity contribution in [3.05, 3.63) is 53.3 Å². The second-order valence-electron chi connectivity index (χ2n) is 7.79. The van der Waals surface area contributed by atoms with Gasteiger partial charge in [-0.15, -0.1) is 0 Å². The molecule has 0 saturated heterocycles. The Bertz CT molecular complexity index is 1100. The first-order chi connectivity index (χ1) is 15.0. The summed E-state index contributed by atoms with van der Waals surface area (Å²) in [5.41, 5.74) is 2.17. The Morgan fingerprint density at radius 3 is 2.48 bits per heavy atom. The number of hydrogen-bond donors (Lipinski definition) is 3. The number of carboxylic acids is 1. The van der Waals surface area contributed by atoms with Crippen LogP contribution in [0.5, 0.6) is 11.5 Å². The molecule has 1 amide bonds. The minimum absolute atomic E-state index is 0.0197. The van der Waals surface area contributed by atoms with Gasteiger partial charge in [-0.05, 0) is 49.6 Å². The van der Waals surface area contributed by atoms with Gasteiger partial charge in [0.25, 0.3) is 5.91 Å². The maximum atomic E-state index is 12.8. The molecule has 1 heterocycles. The molecule has 8 heteroatoms. The van der Waals surface area contributed by atoms with Gasteiger partial charge in [0.1, 0.15) is 17.3 Å². The summed E-state index contributed by atoms with van der Waals surface area (Å²) in [6, 6.07) is 10.0. The smallest absolute Gasteiger partial charge is 0.335 e. The number of nitrogens with one attached hydrogen (secondary N) is 2. The van der Waals surface area contributed by atoms with E-state index in [-0.39, 0.29) is 23.4 Å². The molecule has 8 nitrogen and oxygen atoms in total. The Hall–Kier alpha value is -3.55. The van der Waals surface area contributed by atoms with Gasteiger partial charge in [-0.25, -0.2) is 9.78 Å². The first kappa shape index (κ1) is 20.7. The minimum atomic E-state index is -0.965. The number of aromatic carboxylic acids is 1. The average molecular weight is 423 g/mol. The molecule has 162 valence electrons. The maximum absolute atomic E-state index is 12.8. The first-order valence-corrected chi connectivity index (χ1v) is 10.2. The highest BCUT2D eigenvalue weighted by Gasteiger charge is 2.27. The summed E-state index contributed by atoms with van der Waals surface area (Å²) in [6.07, 6.45) is 3.59. The summed E-state index contributed by atoms with van der Waals surface area (Å²) >= 11 is 0. The molecule has 31 heavy (non-hydrogen) atoms. The Labute approximate surface area is 179 Å². The topological polar surface area (TPSA) is 114 Å². The Morgan fingerprint density at radius 1 is 1.06 bits per heavy atom. The number of rotatable bonds is 6. The van der Waals surface area contributed by atoms with Crippen LogP contribution in [-0.2, 0) is 0 Å². The van der Waals surface area contributed by atoms with Crippen LogP contribution < -0.4 is 14.8 Å². The van der Waals surface area contributed by atoms with Crippen molar-refractivity contribution in [1.29, 1.82) is 0 Å². The van der Waals surface area contributed by atoms with E-state index in [9.17, 15) is 14.7 Å².